The summed E-state index contributed by atoms with van der Waals surface area (Å²) >= 11 is 0. The first-order valence-electron chi connectivity index (χ1n) is 5.40. The van der Waals surface area contributed by atoms with Gasteiger partial charge in [-0.15, -0.1) is 6.42 Å². The van der Waals surface area contributed by atoms with E-state index >= 15 is 0 Å². The number of rotatable bonds is 12. The van der Waals surface area contributed by atoms with Crippen molar-refractivity contribution in [2.45, 2.75) is 0 Å². The molecule has 0 unspecified atom stereocenters. The zero-order valence-electron chi connectivity index (χ0n) is 9.61. The second kappa shape index (κ2) is 14.4. The highest BCUT2D eigenvalue weighted by Crippen LogP contribution is 1.80. The second-order valence-corrected chi connectivity index (χ2v) is 2.94. The van der Waals surface area contributed by atoms with Crippen LogP contribution in [0, 0.1) is 12.3 Å². The van der Waals surface area contributed by atoms with Gasteiger partial charge >= 0.3 is 0 Å². The maximum absolute atomic E-state index is 8.42. The van der Waals surface area contributed by atoms with E-state index in [4.69, 9.17) is 25.7 Å². The zero-order chi connectivity index (χ0) is 11.9. The van der Waals surface area contributed by atoms with Crippen molar-refractivity contribution < 1.29 is 19.3 Å². The van der Waals surface area contributed by atoms with Crippen molar-refractivity contribution in [1.82, 2.24) is 5.32 Å². The zero-order valence-corrected chi connectivity index (χ0v) is 9.61. The molecule has 0 spiro atoms. The molecule has 0 bridgehead atoms. The van der Waals surface area contributed by atoms with E-state index in [0.717, 1.165) is 6.54 Å². The standard InChI is InChI=1S/C11H21NO4/c1-2-3-12-4-6-14-8-10-16-11-9-15-7-5-13/h1,12-13H,3-11H2. The number of hydrogen-bond acceptors (Lipinski definition) is 5. The van der Waals surface area contributed by atoms with Gasteiger partial charge in [-0.2, -0.15) is 0 Å². The number of aliphatic hydroxyl groups excluding tert-OH is 1. The van der Waals surface area contributed by atoms with Gasteiger partial charge in [0.15, 0.2) is 0 Å². The quantitative estimate of drug-likeness (QED) is 0.342. The third-order valence-electron chi connectivity index (χ3n) is 1.63. The van der Waals surface area contributed by atoms with Crippen molar-refractivity contribution in [3.05, 3.63) is 0 Å². The summed E-state index contributed by atoms with van der Waals surface area (Å²) in [5, 5.41) is 11.4. The van der Waals surface area contributed by atoms with E-state index in [2.05, 4.69) is 11.2 Å². The van der Waals surface area contributed by atoms with Gasteiger partial charge in [0.1, 0.15) is 0 Å². The molecule has 0 aromatic carbocycles. The molecule has 0 aromatic heterocycles. The predicted octanol–water partition coefficient (Wildman–Crippen LogP) is -0.749. The summed E-state index contributed by atoms with van der Waals surface area (Å²) in [6.45, 7) is 4.52. The van der Waals surface area contributed by atoms with Crippen molar-refractivity contribution in [2.24, 2.45) is 0 Å². The molecule has 0 saturated carbocycles. The van der Waals surface area contributed by atoms with E-state index in [1.807, 2.05) is 0 Å². The van der Waals surface area contributed by atoms with Gasteiger partial charge in [0.25, 0.3) is 0 Å². The summed E-state index contributed by atoms with van der Waals surface area (Å²) in [6.07, 6.45) is 5.06. The number of terminal acetylenes is 1. The van der Waals surface area contributed by atoms with Crippen LogP contribution in [0.4, 0.5) is 0 Å². The molecule has 0 saturated heterocycles. The molecule has 5 nitrogen and oxygen atoms in total. The fourth-order valence-electron chi connectivity index (χ4n) is 0.911. The molecule has 0 aromatic rings. The summed E-state index contributed by atoms with van der Waals surface area (Å²) in [7, 11) is 0. The first kappa shape index (κ1) is 15.4. The van der Waals surface area contributed by atoms with Crippen LogP contribution in [0.2, 0.25) is 0 Å². The minimum absolute atomic E-state index is 0.0494. The topological polar surface area (TPSA) is 60.0 Å². The molecule has 0 aliphatic carbocycles. The van der Waals surface area contributed by atoms with Gasteiger partial charge in [0.2, 0.25) is 0 Å². The lowest BCUT2D eigenvalue weighted by Crippen LogP contribution is -2.21. The molecule has 16 heavy (non-hydrogen) atoms. The second-order valence-electron chi connectivity index (χ2n) is 2.94. The first-order valence-corrected chi connectivity index (χ1v) is 5.40. The number of ether oxygens (including phenoxy) is 3. The van der Waals surface area contributed by atoms with Gasteiger partial charge in [0.05, 0.1) is 52.8 Å². The lowest BCUT2D eigenvalue weighted by atomic mass is 10.6. The molecule has 2 N–H and O–H groups in total. The molecule has 0 radical (unpaired) electrons. The third-order valence-corrected chi connectivity index (χ3v) is 1.63. The molecule has 5 heteroatoms. The average Bonchev–Trinajstić information content (AvgIpc) is 2.31. The Balaban J connectivity index is 2.86. The summed E-state index contributed by atoms with van der Waals surface area (Å²) in [5.41, 5.74) is 0. The van der Waals surface area contributed by atoms with E-state index in [9.17, 15) is 0 Å². The SMILES string of the molecule is C#CCNCCOCCOCCOCCO. The minimum Gasteiger partial charge on any atom is -0.394 e. The van der Waals surface area contributed by atoms with Crippen LogP contribution in [0.5, 0.6) is 0 Å². The van der Waals surface area contributed by atoms with Crippen LogP contribution in [0.1, 0.15) is 0 Å². The van der Waals surface area contributed by atoms with E-state index in [0.29, 0.717) is 46.2 Å². The van der Waals surface area contributed by atoms with Crippen LogP contribution in [-0.4, -0.2) is 64.4 Å². The number of hydrogen-bond donors (Lipinski definition) is 2. The van der Waals surface area contributed by atoms with Gasteiger partial charge in [-0.25, -0.2) is 0 Å². The van der Waals surface area contributed by atoms with Crippen LogP contribution < -0.4 is 5.32 Å². The van der Waals surface area contributed by atoms with E-state index in [1.165, 1.54) is 0 Å². The Morgan fingerprint density at radius 1 is 0.938 bits per heavy atom. The lowest BCUT2D eigenvalue weighted by Gasteiger charge is -2.06. The van der Waals surface area contributed by atoms with Gasteiger partial charge in [-0.1, -0.05) is 5.92 Å². The van der Waals surface area contributed by atoms with Gasteiger partial charge in [-0.05, 0) is 0 Å². The molecule has 0 fully saturated rings. The molecular weight excluding hydrogens is 210 g/mol. The van der Waals surface area contributed by atoms with E-state index in [-0.39, 0.29) is 6.61 Å². The van der Waals surface area contributed by atoms with Gasteiger partial charge in [0, 0.05) is 6.54 Å². The molecular formula is C11H21NO4. The fraction of sp³-hybridized carbons (Fsp3) is 0.818. The van der Waals surface area contributed by atoms with Crippen molar-refractivity contribution in [3.8, 4) is 12.3 Å². The van der Waals surface area contributed by atoms with Crippen molar-refractivity contribution in [2.75, 3.05) is 59.3 Å². The highest BCUT2D eigenvalue weighted by atomic mass is 16.5. The Morgan fingerprint density at radius 3 is 2.06 bits per heavy atom. The molecule has 0 heterocycles. The molecule has 0 rings (SSSR count). The average molecular weight is 231 g/mol. The van der Waals surface area contributed by atoms with E-state index in [1.54, 1.807) is 0 Å². The van der Waals surface area contributed by atoms with Crippen molar-refractivity contribution in [3.63, 3.8) is 0 Å². The smallest absolute Gasteiger partial charge is 0.0701 e. The Kier molecular flexibility index (Phi) is 13.8. The van der Waals surface area contributed by atoms with E-state index < -0.39 is 0 Å². The predicted molar refractivity (Wildman–Crippen MR) is 61.2 cm³/mol. The van der Waals surface area contributed by atoms with Gasteiger partial charge < -0.3 is 24.6 Å². The normalized spacial score (nSPS) is 10.2. The highest BCUT2D eigenvalue weighted by molar-refractivity contribution is 4.86. The van der Waals surface area contributed by atoms with Crippen LogP contribution in [0.3, 0.4) is 0 Å². The summed E-state index contributed by atoms with van der Waals surface area (Å²) < 4.78 is 15.5. The Hall–Kier alpha value is -0.640. The van der Waals surface area contributed by atoms with Crippen LogP contribution in [0.25, 0.3) is 0 Å². The number of aliphatic hydroxyl groups is 1. The molecule has 0 atom stereocenters. The Morgan fingerprint density at radius 2 is 1.50 bits per heavy atom. The largest absolute Gasteiger partial charge is 0.394 e. The van der Waals surface area contributed by atoms with Crippen LogP contribution >= 0.6 is 0 Å². The van der Waals surface area contributed by atoms with Crippen molar-refractivity contribution in [1.29, 1.82) is 0 Å². The molecule has 0 amide bonds. The van der Waals surface area contributed by atoms with Gasteiger partial charge in [-0.3, -0.25) is 0 Å². The summed E-state index contributed by atoms with van der Waals surface area (Å²) in [6, 6.07) is 0. The van der Waals surface area contributed by atoms with Crippen LogP contribution in [-0.2, 0) is 14.2 Å². The Labute approximate surface area is 97.1 Å². The monoisotopic (exact) mass is 231 g/mol. The Bertz CT molecular complexity index is 170. The maximum Gasteiger partial charge on any atom is 0.0701 e. The minimum atomic E-state index is 0.0494. The highest BCUT2D eigenvalue weighted by Gasteiger charge is 1.91. The van der Waals surface area contributed by atoms with Crippen LogP contribution in [0.15, 0.2) is 0 Å². The molecule has 0 aliphatic rings. The molecule has 0 aliphatic heterocycles. The third kappa shape index (κ3) is 13.4. The maximum atomic E-state index is 8.42. The first-order chi connectivity index (χ1) is 7.91. The summed E-state index contributed by atoms with van der Waals surface area (Å²) in [4.78, 5) is 0. The van der Waals surface area contributed by atoms with Crippen molar-refractivity contribution >= 4 is 0 Å². The summed E-state index contributed by atoms with van der Waals surface area (Å²) in [5.74, 6) is 2.48. The lowest BCUT2D eigenvalue weighted by molar-refractivity contribution is 0.00829. The number of nitrogens with one attached hydrogen (secondary N) is 1. The molecule has 94 valence electrons. The fourth-order valence-corrected chi connectivity index (χ4v) is 0.911.